The van der Waals surface area contributed by atoms with E-state index in [2.05, 4.69) is 0 Å². The number of hydrogen-bond donors (Lipinski definition) is 0. The molecule has 1 atom stereocenters. The number of halogens is 3. The van der Waals surface area contributed by atoms with E-state index in [-0.39, 0.29) is 19.1 Å². The maximum absolute atomic E-state index is 14.2. The highest BCUT2D eigenvalue weighted by molar-refractivity contribution is 7.89. The van der Waals surface area contributed by atoms with Gasteiger partial charge in [0.25, 0.3) is 0 Å². The average molecular weight is 339 g/mol. The Bertz CT molecular complexity index is 639. The second kappa shape index (κ2) is 6.16. The molecule has 118 valence electrons. The SMILES string of the molecule is CC1CN(S(=O)(=O)c2ccc(F)c(CCl)c2F)CCN1C. The number of piperazine rings is 1. The topological polar surface area (TPSA) is 40.6 Å². The molecule has 0 N–H and O–H groups in total. The second-order valence-electron chi connectivity index (χ2n) is 5.16. The maximum atomic E-state index is 14.2. The Balaban J connectivity index is 2.41. The van der Waals surface area contributed by atoms with Crippen molar-refractivity contribution in [3.05, 3.63) is 29.3 Å². The summed E-state index contributed by atoms with van der Waals surface area (Å²) in [6.07, 6.45) is 0. The van der Waals surface area contributed by atoms with Crippen LogP contribution in [-0.4, -0.2) is 50.3 Å². The smallest absolute Gasteiger partial charge is 0.246 e. The van der Waals surface area contributed by atoms with E-state index in [0.29, 0.717) is 6.54 Å². The van der Waals surface area contributed by atoms with Gasteiger partial charge >= 0.3 is 0 Å². The Morgan fingerprint density at radius 1 is 1.33 bits per heavy atom. The standard InChI is InChI=1S/C13H17ClF2N2O2S/c1-9-8-18(6-5-17(9)2)21(19,20)12-4-3-11(15)10(7-14)13(12)16/h3-4,9H,5-8H2,1-2H3. The van der Waals surface area contributed by atoms with Gasteiger partial charge in [-0.15, -0.1) is 11.6 Å². The summed E-state index contributed by atoms with van der Waals surface area (Å²) in [5.41, 5.74) is -0.417. The minimum absolute atomic E-state index is 0.0320. The number of likely N-dealkylation sites (N-methyl/N-ethyl adjacent to an activating group) is 1. The minimum Gasteiger partial charge on any atom is -0.301 e. The summed E-state index contributed by atoms with van der Waals surface area (Å²) in [6, 6.07) is 1.93. The zero-order chi connectivity index (χ0) is 15.8. The van der Waals surface area contributed by atoms with E-state index >= 15 is 0 Å². The van der Waals surface area contributed by atoms with Crippen molar-refractivity contribution < 1.29 is 17.2 Å². The fourth-order valence-corrected chi connectivity index (χ4v) is 4.12. The van der Waals surface area contributed by atoms with E-state index in [4.69, 9.17) is 11.6 Å². The van der Waals surface area contributed by atoms with Gasteiger partial charge in [-0.2, -0.15) is 4.31 Å². The minimum atomic E-state index is -3.99. The third-order valence-corrected chi connectivity index (χ3v) is 5.97. The van der Waals surface area contributed by atoms with Crippen LogP contribution in [0.3, 0.4) is 0 Å². The van der Waals surface area contributed by atoms with Crippen LogP contribution in [0.1, 0.15) is 12.5 Å². The molecular weight excluding hydrogens is 322 g/mol. The molecule has 0 amide bonds. The summed E-state index contributed by atoms with van der Waals surface area (Å²) < 4.78 is 54.0. The summed E-state index contributed by atoms with van der Waals surface area (Å²) >= 11 is 5.49. The van der Waals surface area contributed by atoms with Crippen LogP contribution in [0, 0.1) is 11.6 Å². The Labute approximate surface area is 128 Å². The first-order chi connectivity index (χ1) is 9.78. The molecule has 0 aromatic heterocycles. The third kappa shape index (κ3) is 3.06. The molecule has 8 heteroatoms. The predicted octanol–water partition coefficient (Wildman–Crippen LogP) is 2.03. The van der Waals surface area contributed by atoms with Crippen molar-refractivity contribution >= 4 is 21.6 Å². The van der Waals surface area contributed by atoms with E-state index in [0.717, 1.165) is 12.1 Å². The normalized spacial score (nSPS) is 21.7. The van der Waals surface area contributed by atoms with Crippen LogP contribution in [0.5, 0.6) is 0 Å². The lowest BCUT2D eigenvalue weighted by atomic mass is 10.2. The van der Waals surface area contributed by atoms with Gasteiger partial charge in [-0.05, 0) is 26.1 Å². The van der Waals surface area contributed by atoms with Crippen LogP contribution >= 0.6 is 11.6 Å². The molecule has 1 aromatic carbocycles. The number of sulfonamides is 1. The Morgan fingerprint density at radius 3 is 2.57 bits per heavy atom. The van der Waals surface area contributed by atoms with Crippen LogP contribution in [0.4, 0.5) is 8.78 Å². The summed E-state index contributed by atoms with van der Waals surface area (Å²) in [7, 11) is -2.09. The highest BCUT2D eigenvalue weighted by Gasteiger charge is 2.33. The number of nitrogens with zero attached hydrogens (tertiary/aromatic N) is 2. The van der Waals surface area contributed by atoms with Crippen LogP contribution in [0.15, 0.2) is 17.0 Å². The number of alkyl halides is 1. The van der Waals surface area contributed by atoms with Crippen molar-refractivity contribution in [2.75, 3.05) is 26.7 Å². The molecule has 4 nitrogen and oxygen atoms in total. The summed E-state index contributed by atoms with van der Waals surface area (Å²) in [5, 5.41) is 0. The molecule has 2 rings (SSSR count). The molecule has 21 heavy (non-hydrogen) atoms. The van der Waals surface area contributed by atoms with E-state index < -0.39 is 38.0 Å². The van der Waals surface area contributed by atoms with E-state index in [9.17, 15) is 17.2 Å². The lowest BCUT2D eigenvalue weighted by Gasteiger charge is -2.36. The highest BCUT2D eigenvalue weighted by Crippen LogP contribution is 2.26. The van der Waals surface area contributed by atoms with E-state index in [1.165, 1.54) is 4.31 Å². The summed E-state index contributed by atoms with van der Waals surface area (Å²) in [5.74, 6) is -2.36. The Hall–Kier alpha value is -0.760. The van der Waals surface area contributed by atoms with Crippen LogP contribution in [0.25, 0.3) is 0 Å². The molecule has 1 heterocycles. The van der Waals surface area contributed by atoms with Gasteiger partial charge in [0.2, 0.25) is 10.0 Å². The molecule has 0 saturated carbocycles. The van der Waals surface area contributed by atoms with Crippen molar-refractivity contribution in [1.82, 2.24) is 9.21 Å². The molecule has 1 aliphatic heterocycles. The molecule has 0 spiro atoms. The number of benzene rings is 1. The van der Waals surface area contributed by atoms with Crippen molar-refractivity contribution in [2.24, 2.45) is 0 Å². The molecule has 0 aliphatic carbocycles. The quantitative estimate of drug-likeness (QED) is 0.792. The first-order valence-electron chi connectivity index (χ1n) is 6.52. The number of hydrogen-bond acceptors (Lipinski definition) is 3. The molecule has 0 bridgehead atoms. The Morgan fingerprint density at radius 2 is 2.00 bits per heavy atom. The predicted molar refractivity (Wildman–Crippen MR) is 76.8 cm³/mol. The third-order valence-electron chi connectivity index (χ3n) is 3.82. The van der Waals surface area contributed by atoms with Crippen molar-refractivity contribution in [1.29, 1.82) is 0 Å². The molecule has 0 radical (unpaired) electrons. The monoisotopic (exact) mass is 338 g/mol. The Kier molecular flexibility index (Phi) is 4.87. The molecular formula is C13H17ClF2N2O2S. The van der Waals surface area contributed by atoms with E-state index in [1.54, 1.807) is 0 Å². The number of rotatable bonds is 3. The van der Waals surface area contributed by atoms with Crippen LogP contribution in [0.2, 0.25) is 0 Å². The van der Waals surface area contributed by atoms with Gasteiger partial charge < -0.3 is 4.90 Å². The lowest BCUT2D eigenvalue weighted by Crippen LogP contribution is -2.52. The van der Waals surface area contributed by atoms with Crippen molar-refractivity contribution in [2.45, 2.75) is 23.7 Å². The molecule has 1 aliphatic rings. The van der Waals surface area contributed by atoms with Crippen molar-refractivity contribution in [3.63, 3.8) is 0 Å². The van der Waals surface area contributed by atoms with Gasteiger partial charge in [0.1, 0.15) is 10.7 Å². The van der Waals surface area contributed by atoms with Crippen LogP contribution < -0.4 is 0 Å². The molecule has 1 saturated heterocycles. The van der Waals surface area contributed by atoms with Gasteiger partial charge in [-0.25, -0.2) is 17.2 Å². The summed E-state index contributed by atoms with van der Waals surface area (Å²) in [6.45, 7) is 3.00. The fourth-order valence-electron chi connectivity index (χ4n) is 2.27. The second-order valence-corrected chi connectivity index (χ2v) is 7.34. The van der Waals surface area contributed by atoms with Crippen LogP contribution in [-0.2, 0) is 15.9 Å². The zero-order valence-corrected chi connectivity index (χ0v) is 13.4. The molecule has 1 aromatic rings. The zero-order valence-electron chi connectivity index (χ0n) is 11.8. The molecule has 1 unspecified atom stereocenters. The highest BCUT2D eigenvalue weighted by atomic mass is 35.5. The fraction of sp³-hybridized carbons (Fsp3) is 0.538. The van der Waals surface area contributed by atoms with Gasteiger partial charge in [0.05, 0.1) is 5.88 Å². The van der Waals surface area contributed by atoms with Gasteiger partial charge in [-0.3, -0.25) is 0 Å². The average Bonchev–Trinajstić information content (AvgIpc) is 2.42. The molecule has 1 fully saturated rings. The van der Waals surface area contributed by atoms with Gasteiger partial charge in [0.15, 0.2) is 5.82 Å². The first kappa shape index (κ1) is 16.6. The largest absolute Gasteiger partial charge is 0.301 e. The lowest BCUT2D eigenvalue weighted by molar-refractivity contribution is 0.159. The van der Waals surface area contributed by atoms with E-state index in [1.807, 2.05) is 18.9 Å². The van der Waals surface area contributed by atoms with Gasteiger partial charge in [0, 0.05) is 31.2 Å². The first-order valence-corrected chi connectivity index (χ1v) is 8.49. The van der Waals surface area contributed by atoms with Gasteiger partial charge in [-0.1, -0.05) is 0 Å². The summed E-state index contributed by atoms with van der Waals surface area (Å²) in [4.78, 5) is 1.51. The van der Waals surface area contributed by atoms with Crippen molar-refractivity contribution in [3.8, 4) is 0 Å². The maximum Gasteiger partial charge on any atom is 0.246 e.